The molecular formula is C13H19F2N3. The van der Waals surface area contributed by atoms with E-state index in [1.807, 2.05) is 6.92 Å². The lowest BCUT2D eigenvalue weighted by Crippen LogP contribution is -2.10. The number of aromatic nitrogens is 1. The largest absolute Gasteiger partial charge is 0.368 e. The van der Waals surface area contributed by atoms with Gasteiger partial charge in [0.1, 0.15) is 0 Å². The third-order valence-corrected chi connectivity index (χ3v) is 3.01. The predicted molar refractivity (Wildman–Crippen MR) is 68.8 cm³/mol. The number of hydrogen-bond acceptors (Lipinski definition) is 3. The molecule has 18 heavy (non-hydrogen) atoms. The molecule has 1 aliphatic carbocycles. The number of nitrogens with zero attached hydrogens (tertiary/aromatic N) is 1. The fourth-order valence-electron chi connectivity index (χ4n) is 1.76. The summed E-state index contributed by atoms with van der Waals surface area (Å²) in [6.07, 6.45) is 4.42. The van der Waals surface area contributed by atoms with Crippen molar-refractivity contribution in [3.8, 4) is 0 Å². The van der Waals surface area contributed by atoms with Gasteiger partial charge in [-0.3, -0.25) is 0 Å². The summed E-state index contributed by atoms with van der Waals surface area (Å²) in [6, 6.07) is 0.879. The van der Waals surface area contributed by atoms with Crippen LogP contribution in [0.15, 0.2) is 6.07 Å². The molecule has 1 aromatic heterocycles. The van der Waals surface area contributed by atoms with Crippen molar-refractivity contribution in [1.82, 2.24) is 4.98 Å². The van der Waals surface area contributed by atoms with E-state index in [9.17, 15) is 8.78 Å². The van der Waals surface area contributed by atoms with E-state index in [-0.39, 0.29) is 11.6 Å². The molecule has 100 valence electrons. The van der Waals surface area contributed by atoms with Gasteiger partial charge in [-0.2, -0.15) is 0 Å². The Morgan fingerprint density at radius 1 is 1.17 bits per heavy atom. The van der Waals surface area contributed by atoms with Crippen LogP contribution >= 0.6 is 0 Å². The molecule has 3 nitrogen and oxygen atoms in total. The van der Waals surface area contributed by atoms with Gasteiger partial charge in [0.15, 0.2) is 23.3 Å². The Morgan fingerprint density at radius 2 is 1.78 bits per heavy atom. The lowest BCUT2D eigenvalue weighted by molar-refractivity contribution is 0.577. The van der Waals surface area contributed by atoms with Gasteiger partial charge < -0.3 is 10.6 Å². The summed E-state index contributed by atoms with van der Waals surface area (Å²) >= 11 is 0. The number of nitrogens with one attached hydrogen (secondary N) is 2. The van der Waals surface area contributed by atoms with Crippen molar-refractivity contribution in [3.05, 3.63) is 17.7 Å². The van der Waals surface area contributed by atoms with Gasteiger partial charge >= 0.3 is 0 Å². The van der Waals surface area contributed by atoms with Crippen molar-refractivity contribution in [3.63, 3.8) is 0 Å². The van der Waals surface area contributed by atoms with Crippen LogP contribution in [-0.4, -0.2) is 18.1 Å². The second kappa shape index (κ2) is 5.98. The smallest absolute Gasteiger partial charge is 0.168 e. The first-order chi connectivity index (χ1) is 8.70. The normalized spacial score (nSPS) is 14.6. The van der Waals surface area contributed by atoms with Crippen molar-refractivity contribution in [2.45, 2.75) is 32.6 Å². The highest BCUT2D eigenvalue weighted by atomic mass is 19.1. The fraction of sp³-hybridized carbons (Fsp3) is 0.615. The molecule has 0 radical (unpaired) electrons. The molecule has 2 rings (SSSR count). The van der Waals surface area contributed by atoms with Crippen LogP contribution in [0.5, 0.6) is 0 Å². The average molecular weight is 255 g/mol. The molecule has 1 heterocycles. The van der Waals surface area contributed by atoms with E-state index in [4.69, 9.17) is 0 Å². The van der Waals surface area contributed by atoms with Crippen molar-refractivity contribution < 1.29 is 8.78 Å². The minimum absolute atomic E-state index is 0.118. The van der Waals surface area contributed by atoms with Crippen LogP contribution in [0.1, 0.15) is 32.6 Å². The Labute approximate surface area is 106 Å². The van der Waals surface area contributed by atoms with E-state index in [2.05, 4.69) is 15.6 Å². The molecule has 0 amide bonds. The van der Waals surface area contributed by atoms with Gasteiger partial charge in [-0.05, 0) is 18.8 Å². The lowest BCUT2D eigenvalue weighted by Gasteiger charge is -2.10. The summed E-state index contributed by atoms with van der Waals surface area (Å²) in [7, 11) is 0. The van der Waals surface area contributed by atoms with E-state index in [0.29, 0.717) is 13.1 Å². The number of pyridine rings is 1. The van der Waals surface area contributed by atoms with Gasteiger partial charge in [-0.25, -0.2) is 13.8 Å². The highest BCUT2D eigenvalue weighted by Crippen LogP contribution is 2.32. The van der Waals surface area contributed by atoms with E-state index in [1.165, 1.54) is 12.8 Å². The van der Waals surface area contributed by atoms with Gasteiger partial charge in [0.05, 0.1) is 0 Å². The van der Waals surface area contributed by atoms with Gasteiger partial charge in [0, 0.05) is 19.2 Å². The number of rotatable bonds is 7. The van der Waals surface area contributed by atoms with Crippen LogP contribution in [0.2, 0.25) is 0 Å². The van der Waals surface area contributed by atoms with Crippen LogP contribution in [0.4, 0.5) is 20.4 Å². The van der Waals surface area contributed by atoms with Crippen LogP contribution in [-0.2, 0) is 0 Å². The Hall–Kier alpha value is -1.39. The van der Waals surface area contributed by atoms with Crippen LogP contribution in [0.25, 0.3) is 0 Å². The lowest BCUT2D eigenvalue weighted by atomic mass is 10.3. The minimum Gasteiger partial charge on any atom is -0.368 e. The Bertz CT molecular complexity index is 405. The van der Waals surface area contributed by atoms with E-state index in [1.54, 1.807) is 0 Å². The second-order valence-electron chi connectivity index (χ2n) is 4.73. The quantitative estimate of drug-likeness (QED) is 0.784. The minimum atomic E-state index is -0.645. The number of anilines is 2. The summed E-state index contributed by atoms with van der Waals surface area (Å²) in [5.74, 6) is -0.249. The summed E-state index contributed by atoms with van der Waals surface area (Å²) in [6.45, 7) is 3.29. The molecule has 0 spiro atoms. The molecular weight excluding hydrogens is 236 g/mol. The first-order valence-corrected chi connectivity index (χ1v) is 6.54. The van der Waals surface area contributed by atoms with Crippen LogP contribution in [0, 0.1) is 17.6 Å². The molecule has 5 heteroatoms. The molecule has 0 unspecified atom stereocenters. The molecule has 1 fully saturated rings. The first-order valence-electron chi connectivity index (χ1n) is 6.54. The van der Waals surface area contributed by atoms with Crippen LogP contribution < -0.4 is 10.6 Å². The molecule has 0 bridgehead atoms. The topological polar surface area (TPSA) is 37.0 Å². The molecule has 0 aromatic carbocycles. The molecule has 0 aliphatic heterocycles. The molecule has 0 saturated heterocycles. The van der Waals surface area contributed by atoms with Crippen molar-refractivity contribution in [2.75, 3.05) is 23.7 Å². The zero-order valence-electron chi connectivity index (χ0n) is 10.6. The van der Waals surface area contributed by atoms with Crippen molar-refractivity contribution in [1.29, 1.82) is 0 Å². The summed E-state index contributed by atoms with van der Waals surface area (Å²) < 4.78 is 26.9. The van der Waals surface area contributed by atoms with E-state index in [0.717, 1.165) is 24.8 Å². The monoisotopic (exact) mass is 255 g/mol. The molecule has 1 aromatic rings. The predicted octanol–water partition coefficient (Wildman–Crippen LogP) is 3.39. The third-order valence-electron chi connectivity index (χ3n) is 3.01. The summed E-state index contributed by atoms with van der Waals surface area (Å²) in [5, 5.41) is 5.78. The van der Waals surface area contributed by atoms with E-state index < -0.39 is 11.6 Å². The third kappa shape index (κ3) is 3.55. The van der Waals surface area contributed by atoms with Gasteiger partial charge in [-0.15, -0.1) is 0 Å². The zero-order chi connectivity index (χ0) is 13.0. The van der Waals surface area contributed by atoms with Gasteiger partial charge in [0.2, 0.25) is 0 Å². The number of halogens is 2. The molecule has 1 saturated carbocycles. The summed E-state index contributed by atoms with van der Waals surface area (Å²) in [5.41, 5.74) is 0. The Balaban J connectivity index is 1.97. The summed E-state index contributed by atoms with van der Waals surface area (Å²) in [4.78, 5) is 3.95. The SMILES string of the molecule is CCCNc1nc(NCCC2CC2)c(F)cc1F. The van der Waals surface area contributed by atoms with Gasteiger partial charge in [-0.1, -0.05) is 19.8 Å². The van der Waals surface area contributed by atoms with Crippen LogP contribution in [0.3, 0.4) is 0 Å². The molecule has 0 atom stereocenters. The first kappa shape index (κ1) is 13.1. The Kier molecular flexibility index (Phi) is 4.33. The molecule has 2 N–H and O–H groups in total. The maximum atomic E-state index is 13.5. The Morgan fingerprint density at radius 3 is 2.33 bits per heavy atom. The standard InChI is InChI=1S/C13H19F2N3/c1-2-6-16-12-10(14)8-11(15)13(18-12)17-7-5-9-3-4-9/h8-9H,2-7H2,1H3,(H2,16,17,18). The van der Waals surface area contributed by atoms with Gasteiger partial charge in [0.25, 0.3) is 0 Å². The van der Waals surface area contributed by atoms with E-state index >= 15 is 0 Å². The number of hydrogen-bond donors (Lipinski definition) is 2. The molecule has 1 aliphatic rings. The zero-order valence-corrected chi connectivity index (χ0v) is 10.6. The fourth-order valence-corrected chi connectivity index (χ4v) is 1.76. The van der Waals surface area contributed by atoms with Crippen molar-refractivity contribution >= 4 is 11.6 Å². The highest BCUT2D eigenvalue weighted by Gasteiger charge is 2.20. The average Bonchev–Trinajstić information content (AvgIpc) is 3.14. The second-order valence-corrected chi connectivity index (χ2v) is 4.73. The highest BCUT2D eigenvalue weighted by molar-refractivity contribution is 5.47. The maximum absolute atomic E-state index is 13.5. The maximum Gasteiger partial charge on any atom is 0.168 e. The van der Waals surface area contributed by atoms with Crippen molar-refractivity contribution in [2.24, 2.45) is 5.92 Å².